The Hall–Kier alpha value is -2.44. The Balaban J connectivity index is 1.79. The van der Waals surface area contributed by atoms with Gasteiger partial charge in [0.05, 0.1) is 13.2 Å². The van der Waals surface area contributed by atoms with Gasteiger partial charge >= 0.3 is 0 Å². The number of benzene rings is 2. The van der Waals surface area contributed by atoms with Crippen LogP contribution in [0.1, 0.15) is 27.7 Å². The molecule has 2 aromatic carbocycles. The maximum Gasteiger partial charge on any atom is 0.287 e. The summed E-state index contributed by atoms with van der Waals surface area (Å²) in [7, 11) is 5.65. The Bertz CT molecular complexity index is 935. The van der Waals surface area contributed by atoms with Gasteiger partial charge in [-0.1, -0.05) is 30.3 Å². The first-order chi connectivity index (χ1) is 13.5. The van der Waals surface area contributed by atoms with Crippen molar-refractivity contribution in [2.75, 3.05) is 34.0 Å². The molecular formula is C22H26N2O3S. The van der Waals surface area contributed by atoms with E-state index in [2.05, 4.69) is 10.2 Å². The third-order valence-corrected chi connectivity index (χ3v) is 5.35. The molecule has 1 aromatic heterocycles. The number of nitrogens with zero attached hydrogens (tertiary/aromatic N) is 1. The van der Waals surface area contributed by atoms with E-state index in [1.54, 1.807) is 18.9 Å². The number of rotatable bonds is 8. The van der Waals surface area contributed by atoms with Crippen LogP contribution in [0, 0.1) is 0 Å². The first-order valence-electron chi connectivity index (χ1n) is 9.13. The number of thioether (sulfide) groups is 1. The molecule has 0 spiro atoms. The molecule has 0 unspecified atom stereocenters. The minimum atomic E-state index is -0.180. The van der Waals surface area contributed by atoms with Gasteiger partial charge in [0.1, 0.15) is 11.3 Å². The molecule has 148 valence electrons. The van der Waals surface area contributed by atoms with Crippen LogP contribution in [-0.4, -0.2) is 44.8 Å². The molecule has 0 saturated heterocycles. The standard InChI is InChI=1S/C22H26N2O3S/c1-24(2)19(15-9-11-16(26-3)12-10-15)13-23-22(25)21-18(14-28-4)17-7-5-6-8-20(17)27-21/h5-12,19H,13-14H2,1-4H3,(H,23,25)/t19-/m1/s1. The van der Waals surface area contributed by atoms with Gasteiger partial charge in [-0.15, -0.1) is 0 Å². The minimum Gasteiger partial charge on any atom is -0.497 e. The second-order valence-electron chi connectivity index (χ2n) is 6.80. The predicted octanol–water partition coefficient (Wildman–Crippen LogP) is 4.34. The number of para-hydroxylation sites is 1. The summed E-state index contributed by atoms with van der Waals surface area (Å²) in [4.78, 5) is 15.0. The number of likely N-dealkylation sites (N-methyl/N-ethyl adjacent to an activating group) is 1. The molecule has 0 radical (unpaired) electrons. The molecule has 3 aromatic rings. The first kappa shape index (κ1) is 20.3. The normalized spacial score (nSPS) is 12.3. The molecule has 28 heavy (non-hydrogen) atoms. The molecule has 0 bridgehead atoms. The van der Waals surface area contributed by atoms with E-state index in [-0.39, 0.29) is 11.9 Å². The third-order valence-electron chi connectivity index (χ3n) is 4.77. The highest BCUT2D eigenvalue weighted by Gasteiger charge is 2.22. The van der Waals surface area contributed by atoms with Crippen molar-refractivity contribution >= 4 is 28.6 Å². The lowest BCUT2D eigenvalue weighted by atomic mass is 10.1. The molecule has 1 atom stereocenters. The van der Waals surface area contributed by atoms with Crippen LogP contribution in [0.4, 0.5) is 0 Å². The number of amides is 1. The predicted molar refractivity (Wildman–Crippen MR) is 115 cm³/mol. The zero-order valence-electron chi connectivity index (χ0n) is 16.7. The highest BCUT2D eigenvalue weighted by molar-refractivity contribution is 7.97. The molecular weight excluding hydrogens is 372 g/mol. The number of ether oxygens (including phenoxy) is 1. The fraction of sp³-hybridized carbons (Fsp3) is 0.318. The Morgan fingerprint density at radius 2 is 1.89 bits per heavy atom. The van der Waals surface area contributed by atoms with E-state index in [0.29, 0.717) is 12.3 Å². The average molecular weight is 399 g/mol. The van der Waals surface area contributed by atoms with Crippen LogP contribution in [0.15, 0.2) is 52.9 Å². The summed E-state index contributed by atoms with van der Waals surface area (Å²) in [6, 6.07) is 15.7. The van der Waals surface area contributed by atoms with Crippen LogP contribution >= 0.6 is 11.8 Å². The van der Waals surface area contributed by atoms with Crippen molar-refractivity contribution in [3.63, 3.8) is 0 Å². The summed E-state index contributed by atoms with van der Waals surface area (Å²) in [6.45, 7) is 0.480. The summed E-state index contributed by atoms with van der Waals surface area (Å²) in [5.74, 6) is 1.77. The molecule has 1 N–H and O–H groups in total. The van der Waals surface area contributed by atoms with E-state index in [9.17, 15) is 4.79 Å². The van der Waals surface area contributed by atoms with E-state index in [1.165, 1.54) is 0 Å². The second-order valence-corrected chi connectivity index (χ2v) is 7.67. The van der Waals surface area contributed by atoms with Gasteiger partial charge in [-0.05, 0) is 44.1 Å². The van der Waals surface area contributed by atoms with Crippen molar-refractivity contribution in [1.29, 1.82) is 0 Å². The lowest BCUT2D eigenvalue weighted by molar-refractivity contribution is 0.0915. The lowest BCUT2D eigenvalue weighted by Crippen LogP contribution is -2.34. The second kappa shape index (κ2) is 9.17. The summed E-state index contributed by atoms with van der Waals surface area (Å²) in [5.41, 5.74) is 2.81. The van der Waals surface area contributed by atoms with Crippen LogP contribution < -0.4 is 10.1 Å². The molecule has 6 heteroatoms. The highest BCUT2D eigenvalue weighted by Crippen LogP contribution is 2.29. The molecule has 0 aliphatic rings. The number of carbonyl (C=O) groups excluding carboxylic acids is 1. The lowest BCUT2D eigenvalue weighted by Gasteiger charge is -2.25. The van der Waals surface area contributed by atoms with Gasteiger partial charge in [-0.2, -0.15) is 11.8 Å². The number of hydrogen-bond acceptors (Lipinski definition) is 5. The average Bonchev–Trinajstić information content (AvgIpc) is 3.07. The zero-order valence-corrected chi connectivity index (χ0v) is 17.5. The monoisotopic (exact) mass is 398 g/mol. The quantitative estimate of drug-likeness (QED) is 0.612. The minimum absolute atomic E-state index is 0.0447. The maximum atomic E-state index is 12.9. The molecule has 0 aliphatic carbocycles. The molecule has 1 heterocycles. The van der Waals surface area contributed by atoms with Gasteiger partial charge in [-0.3, -0.25) is 4.79 Å². The summed E-state index contributed by atoms with van der Waals surface area (Å²) >= 11 is 1.68. The van der Waals surface area contributed by atoms with Crippen molar-refractivity contribution in [2.24, 2.45) is 0 Å². The molecule has 0 aliphatic heterocycles. The van der Waals surface area contributed by atoms with E-state index in [0.717, 1.165) is 33.6 Å². The zero-order chi connectivity index (χ0) is 20.1. The van der Waals surface area contributed by atoms with E-state index in [4.69, 9.17) is 9.15 Å². The fourth-order valence-electron chi connectivity index (χ4n) is 3.26. The van der Waals surface area contributed by atoms with Crippen LogP contribution in [0.2, 0.25) is 0 Å². The van der Waals surface area contributed by atoms with Gasteiger partial charge < -0.3 is 19.4 Å². The van der Waals surface area contributed by atoms with Gasteiger partial charge in [0, 0.05) is 23.2 Å². The molecule has 5 nitrogen and oxygen atoms in total. The van der Waals surface area contributed by atoms with Crippen molar-refractivity contribution in [3.05, 3.63) is 65.4 Å². The van der Waals surface area contributed by atoms with Gasteiger partial charge in [0.2, 0.25) is 0 Å². The smallest absolute Gasteiger partial charge is 0.287 e. The molecule has 1 amide bonds. The summed E-state index contributed by atoms with van der Waals surface area (Å²) < 4.78 is 11.1. The largest absolute Gasteiger partial charge is 0.497 e. The number of carbonyl (C=O) groups is 1. The SMILES string of the molecule is COc1ccc([C@@H](CNC(=O)c2oc3ccccc3c2CSC)N(C)C)cc1. The van der Waals surface area contributed by atoms with Crippen molar-refractivity contribution in [2.45, 2.75) is 11.8 Å². The number of furan rings is 1. The van der Waals surface area contributed by atoms with Crippen LogP contribution in [0.3, 0.4) is 0 Å². The fourth-order valence-corrected chi connectivity index (χ4v) is 3.84. The van der Waals surface area contributed by atoms with E-state index >= 15 is 0 Å². The molecule has 3 rings (SSSR count). The van der Waals surface area contributed by atoms with E-state index < -0.39 is 0 Å². The van der Waals surface area contributed by atoms with Crippen LogP contribution in [0.25, 0.3) is 11.0 Å². The topological polar surface area (TPSA) is 54.7 Å². The number of fused-ring (bicyclic) bond motifs is 1. The summed E-state index contributed by atoms with van der Waals surface area (Å²) in [5, 5.41) is 4.05. The molecule has 0 saturated carbocycles. The Morgan fingerprint density at radius 1 is 1.18 bits per heavy atom. The number of methoxy groups -OCH3 is 1. The first-order valence-corrected chi connectivity index (χ1v) is 10.5. The van der Waals surface area contributed by atoms with Crippen molar-refractivity contribution in [1.82, 2.24) is 10.2 Å². The Kier molecular flexibility index (Phi) is 6.65. The Morgan fingerprint density at radius 3 is 2.54 bits per heavy atom. The van der Waals surface area contributed by atoms with Crippen molar-refractivity contribution < 1.29 is 13.9 Å². The van der Waals surface area contributed by atoms with E-state index in [1.807, 2.05) is 68.9 Å². The van der Waals surface area contributed by atoms with Gasteiger partial charge in [0.25, 0.3) is 5.91 Å². The van der Waals surface area contributed by atoms with Crippen molar-refractivity contribution in [3.8, 4) is 5.75 Å². The summed E-state index contributed by atoms with van der Waals surface area (Å²) in [6.07, 6.45) is 2.02. The van der Waals surface area contributed by atoms with Gasteiger partial charge in [0.15, 0.2) is 5.76 Å². The van der Waals surface area contributed by atoms with Gasteiger partial charge in [-0.25, -0.2) is 0 Å². The third kappa shape index (κ3) is 4.34. The molecule has 0 fully saturated rings. The highest BCUT2D eigenvalue weighted by atomic mass is 32.2. The number of hydrogen-bond donors (Lipinski definition) is 1. The van der Waals surface area contributed by atoms with Crippen LogP contribution in [0.5, 0.6) is 5.75 Å². The maximum absolute atomic E-state index is 12.9. The Labute approximate surface area is 170 Å². The van der Waals surface area contributed by atoms with Crippen LogP contribution in [-0.2, 0) is 5.75 Å². The number of nitrogens with one attached hydrogen (secondary N) is 1.